The van der Waals surface area contributed by atoms with Crippen LogP contribution in [0.4, 0.5) is 5.69 Å². The van der Waals surface area contributed by atoms with Gasteiger partial charge in [0.05, 0.1) is 18.8 Å². The lowest BCUT2D eigenvalue weighted by Gasteiger charge is -2.38. The molecule has 1 aromatic rings. The van der Waals surface area contributed by atoms with Gasteiger partial charge in [-0.25, -0.2) is 0 Å². The molecule has 104 valence electrons. The molecule has 2 rings (SSSR count). The minimum atomic E-state index is -0.206. The molecule has 1 saturated heterocycles. The van der Waals surface area contributed by atoms with Crippen molar-refractivity contribution >= 4 is 27.5 Å². The fourth-order valence-corrected chi connectivity index (χ4v) is 2.69. The molecule has 0 aliphatic carbocycles. The fraction of sp³-hybridized carbons (Fsp3) is 0.462. The highest BCUT2D eigenvalue weighted by Crippen LogP contribution is 2.27. The third-order valence-electron chi connectivity index (χ3n) is 3.12. The number of aliphatic hydroxyl groups excluding tert-OH is 1. The average molecular weight is 328 g/mol. The van der Waals surface area contributed by atoms with Crippen LogP contribution in [0.2, 0.25) is 0 Å². The van der Waals surface area contributed by atoms with E-state index in [0.29, 0.717) is 18.7 Å². The molecule has 0 radical (unpaired) electrons. The molecule has 1 heterocycles. The molecule has 0 aromatic heterocycles. The molecule has 2 atom stereocenters. The van der Waals surface area contributed by atoms with E-state index in [9.17, 15) is 5.11 Å². The molecular weight excluding hydrogens is 310 g/mol. The van der Waals surface area contributed by atoms with E-state index in [1.165, 1.54) is 0 Å². The summed E-state index contributed by atoms with van der Waals surface area (Å²) in [4.78, 5) is 2.11. The molecule has 0 saturated carbocycles. The van der Waals surface area contributed by atoms with Gasteiger partial charge in [-0.05, 0) is 25.1 Å². The Balaban J connectivity index is 2.34. The third kappa shape index (κ3) is 3.26. The van der Waals surface area contributed by atoms with Crippen LogP contribution in [0, 0.1) is 5.41 Å². The summed E-state index contributed by atoms with van der Waals surface area (Å²) in [5.74, 6) is 0.0437. The molecule has 0 spiro atoms. The maximum absolute atomic E-state index is 9.28. The maximum atomic E-state index is 9.28. The number of nitrogens with one attached hydrogen (secondary N) is 1. The summed E-state index contributed by atoms with van der Waals surface area (Å²) in [7, 11) is 0. The van der Waals surface area contributed by atoms with Gasteiger partial charge in [0.2, 0.25) is 0 Å². The highest BCUT2D eigenvalue weighted by atomic mass is 79.9. The summed E-state index contributed by atoms with van der Waals surface area (Å²) in [6, 6.07) is 5.65. The first-order valence-corrected chi connectivity index (χ1v) is 6.95. The van der Waals surface area contributed by atoms with Crippen molar-refractivity contribution in [3.8, 4) is 0 Å². The van der Waals surface area contributed by atoms with Gasteiger partial charge in [-0.2, -0.15) is 0 Å². The number of ether oxygens (including phenoxy) is 1. The molecule has 4 N–H and O–H groups in total. The van der Waals surface area contributed by atoms with Gasteiger partial charge >= 0.3 is 0 Å². The first kappa shape index (κ1) is 14.3. The zero-order valence-corrected chi connectivity index (χ0v) is 12.4. The lowest BCUT2D eigenvalue weighted by Crippen LogP contribution is -2.48. The third-order valence-corrected chi connectivity index (χ3v) is 3.61. The van der Waals surface area contributed by atoms with E-state index in [2.05, 4.69) is 20.8 Å². The van der Waals surface area contributed by atoms with Crippen LogP contribution in [-0.2, 0) is 4.74 Å². The number of hydrogen-bond donors (Lipinski definition) is 3. The van der Waals surface area contributed by atoms with E-state index in [1.807, 2.05) is 25.1 Å². The van der Waals surface area contributed by atoms with Gasteiger partial charge in [0, 0.05) is 28.8 Å². The van der Waals surface area contributed by atoms with Crippen molar-refractivity contribution in [2.24, 2.45) is 5.73 Å². The summed E-state index contributed by atoms with van der Waals surface area (Å²) in [6.07, 6.45) is -0.174. The molecule has 5 nitrogen and oxygen atoms in total. The minimum absolute atomic E-state index is 0.00967. The van der Waals surface area contributed by atoms with Crippen molar-refractivity contribution in [1.82, 2.24) is 0 Å². The number of hydrogen-bond acceptors (Lipinski definition) is 4. The van der Waals surface area contributed by atoms with E-state index in [4.69, 9.17) is 15.9 Å². The highest BCUT2D eigenvalue weighted by molar-refractivity contribution is 9.10. The summed E-state index contributed by atoms with van der Waals surface area (Å²) < 4.78 is 6.57. The Hall–Kier alpha value is -1.11. The Kier molecular flexibility index (Phi) is 4.44. The molecule has 1 aromatic carbocycles. The summed E-state index contributed by atoms with van der Waals surface area (Å²) in [5, 5.41) is 16.9. The molecule has 1 aliphatic rings. The largest absolute Gasteiger partial charge is 0.394 e. The molecule has 0 bridgehead atoms. The van der Waals surface area contributed by atoms with Gasteiger partial charge in [-0.1, -0.05) is 15.9 Å². The summed E-state index contributed by atoms with van der Waals surface area (Å²) in [5.41, 5.74) is 7.24. The first-order valence-electron chi connectivity index (χ1n) is 6.16. The van der Waals surface area contributed by atoms with E-state index in [0.717, 1.165) is 10.2 Å². The Morgan fingerprint density at radius 1 is 1.58 bits per heavy atom. The van der Waals surface area contributed by atoms with Crippen LogP contribution in [0.5, 0.6) is 0 Å². The lowest BCUT2D eigenvalue weighted by molar-refractivity contribution is -0.0421. The second-order valence-corrected chi connectivity index (χ2v) is 5.65. The number of benzene rings is 1. The van der Waals surface area contributed by atoms with E-state index in [1.54, 1.807) is 0 Å². The van der Waals surface area contributed by atoms with Gasteiger partial charge in [-0.3, -0.25) is 5.41 Å². The number of aliphatic hydroxyl groups is 1. The predicted molar refractivity (Wildman–Crippen MR) is 78.8 cm³/mol. The first-order chi connectivity index (χ1) is 9.01. The smallest absolute Gasteiger partial charge is 0.124 e. The standard InChI is InChI=1S/C13H18BrN3O2/c1-8-5-17(6-10(7-18)19-8)12-4-9(14)2-3-11(12)13(15)16/h2-4,8,10,18H,5-7H2,1H3,(H3,15,16). The second-order valence-electron chi connectivity index (χ2n) is 4.73. The van der Waals surface area contributed by atoms with Crippen molar-refractivity contribution in [2.75, 3.05) is 24.6 Å². The van der Waals surface area contributed by atoms with Gasteiger partial charge in [0.1, 0.15) is 5.84 Å². The molecule has 0 amide bonds. The summed E-state index contributed by atoms with van der Waals surface area (Å²) in [6.45, 7) is 3.27. The van der Waals surface area contributed by atoms with E-state index >= 15 is 0 Å². The van der Waals surface area contributed by atoms with Crippen LogP contribution in [-0.4, -0.2) is 42.8 Å². The lowest BCUT2D eigenvalue weighted by atomic mass is 10.1. The van der Waals surface area contributed by atoms with Gasteiger partial charge in [-0.15, -0.1) is 0 Å². The zero-order valence-electron chi connectivity index (χ0n) is 10.8. The number of rotatable bonds is 3. The number of anilines is 1. The molecule has 1 aliphatic heterocycles. The van der Waals surface area contributed by atoms with Crippen LogP contribution in [0.15, 0.2) is 22.7 Å². The van der Waals surface area contributed by atoms with Crippen molar-refractivity contribution in [3.05, 3.63) is 28.2 Å². The van der Waals surface area contributed by atoms with Gasteiger partial charge in [0.25, 0.3) is 0 Å². The van der Waals surface area contributed by atoms with E-state index < -0.39 is 0 Å². The Morgan fingerprint density at radius 3 is 2.95 bits per heavy atom. The molecule has 19 heavy (non-hydrogen) atoms. The minimum Gasteiger partial charge on any atom is -0.394 e. The maximum Gasteiger partial charge on any atom is 0.124 e. The Bertz CT molecular complexity index is 481. The zero-order chi connectivity index (χ0) is 14.0. The second kappa shape index (κ2) is 5.90. The Morgan fingerprint density at radius 2 is 2.32 bits per heavy atom. The van der Waals surface area contributed by atoms with Crippen LogP contribution in [0.1, 0.15) is 12.5 Å². The normalized spacial score (nSPS) is 23.4. The van der Waals surface area contributed by atoms with Crippen molar-refractivity contribution in [2.45, 2.75) is 19.1 Å². The van der Waals surface area contributed by atoms with Crippen molar-refractivity contribution < 1.29 is 9.84 Å². The number of morpholine rings is 1. The van der Waals surface area contributed by atoms with Crippen molar-refractivity contribution in [1.29, 1.82) is 5.41 Å². The van der Waals surface area contributed by atoms with E-state index in [-0.39, 0.29) is 24.7 Å². The van der Waals surface area contributed by atoms with Crippen LogP contribution in [0.3, 0.4) is 0 Å². The monoisotopic (exact) mass is 327 g/mol. The number of halogens is 1. The molecule has 2 unspecified atom stereocenters. The quantitative estimate of drug-likeness (QED) is 0.577. The average Bonchev–Trinajstić information content (AvgIpc) is 2.37. The fourth-order valence-electron chi connectivity index (χ4n) is 2.34. The molecule has 6 heteroatoms. The number of nitrogens with zero attached hydrogens (tertiary/aromatic N) is 1. The number of amidine groups is 1. The topological polar surface area (TPSA) is 82.6 Å². The van der Waals surface area contributed by atoms with Crippen LogP contribution >= 0.6 is 15.9 Å². The van der Waals surface area contributed by atoms with Crippen LogP contribution in [0.25, 0.3) is 0 Å². The van der Waals surface area contributed by atoms with Crippen molar-refractivity contribution in [3.63, 3.8) is 0 Å². The van der Waals surface area contributed by atoms with Gasteiger partial charge in [0.15, 0.2) is 0 Å². The van der Waals surface area contributed by atoms with Crippen LogP contribution < -0.4 is 10.6 Å². The molecular formula is C13H18BrN3O2. The molecule has 1 fully saturated rings. The SMILES string of the molecule is CC1CN(c2cc(Br)ccc2C(=N)N)CC(CO)O1. The van der Waals surface area contributed by atoms with Gasteiger partial charge < -0.3 is 20.5 Å². The Labute approximate surface area is 121 Å². The number of nitrogens with two attached hydrogens (primary N) is 1. The predicted octanol–water partition coefficient (Wildman–Crippen LogP) is 1.32. The number of nitrogen functional groups attached to an aromatic ring is 1. The summed E-state index contributed by atoms with van der Waals surface area (Å²) >= 11 is 3.44. The highest BCUT2D eigenvalue weighted by Gasteiger charge is 2.26.